The van der Waals surface area contributed by atoms with Gasteiger partial charge in [-0.1, -0.05) is 43.7 Å². The molecule has 0 spiro atoms. The highest BCUT2D eigenvalue weighted by molar-refractivity contribution is 6.00. The molecule has 2 saturated heterocycles. The van der Waals surface area contributed by atoms with E-state index in [1.54, 1.807) is 18.7 Å². The second-order valence-corrected chi connectivity index (χ2v) is 8.82. The van der Waals surface area contributed by atoms with Crippen molar-refractivity contribution in [3.05, 3.63) is 35.9 Å². The molecule has 156 valence electrons. The average molecular weight is 399 g/mol. The summed E-state index contributed by atoms with van der Waals surface area (Å²) in [6.45, 7) is 3.51. The fourth-order valence-corrected chi connectivity index (χ4v) is 5.91. The van der Waals surface area contributed by atoms with Gasteiger partial charge in [0.2, 0.25) is 11.8 Å². The van der Waals surface area contributed by atoms with E-state index in [2.05, 4.69) is 0 Å². The topological polar surface area (TPSA) is 77.9 Å². The highest BCUT2D eigenvalue weighted by atomic mass is 16.4. The quantitative estimate of drug-likeness (QED) is 0.799. The maximum atomic E-state index is 13.6. The Labute approximate surface area is 171 Å². The fourth-order valence-electron chi connectivity index (χ4n) is 5.91. The van der Waals surface area contributed by atoms with E-state index in [9.17, 15) is 19.5 Å². The van der Waals surface area contributed by atoms with Crippen molar-refractivity contribution in [3.8, 4) is 0 Å². The van der Waals surface area contributed by atoms with E-state index in [0.717, 1.165) is 24.8 Å². The van der Waals surface area contributed by atoms with Gasteiger partial charge in [0.25, 0.3) is 0 Å². The van der Waals surface area contributed by atoms with Gasteiger partial charge in [-0.15, -0.1) is 0 Å². The van der Waals surface area contributed by atoms with Crippen LogP contribution in [0, 0.1) is 5.92 Å². The van der Waals surface area contributed by atoms with Gasteiger partial charge in [-0.25, -0.2) is 4.79 Å². The molecule has 2 heterocycles. The Morgan fingerprint density at radius 3 is 2.55 bits per heavy atom. The summed E-state index contributed by atoms with van der Waals surface area (Å²) in [5, 5.41) is 10.3. The highest BCUT2D eigenvalue weighted by Gasteiger charge is 2.59. The van der Waals surface area contributed by atoms with E-state index in [1.807, 2.05) is 30.3 Å². The first-order valence-electron chi connectivity index (χ1n) is 10.8. The minimum atomic E-state index is -1.37. The molecule has 2 aliphatic heterocycles. The van der Waals surface area contributed by atoms with E-state index < -0.39 is 23.6 Å². The maximum absolute atomic E-state index is 13.6. The lowest BCUT2D eigenvalue weighted by Gasteiger charge is -2.50. The van der Waals surface area contributed by atoms with Crippen LogP contribution in [0.25, 0.3) is 0 Å². The number of carbonyl (C=O) groups is 3. The zero-order chi connectivity index (χ0) is 20.8. The maximum Gasteiger partial charge on any atom is 0.329 e. The smallest absolute Gasteiger partial charge is 0.329 e. The van der Waals surface area contributed by atoms with Crippen LogP contribution in [0.15, 0.2) is 30.3 Å². The number of carboxylic acid groups (broad SMARTS) is 1. The lowest BCUT2D eigenvalue weighted by molar-refractivity contribution is -0.177. The molecule has 1 aliphatic carbocycles. The van der Waals surface area contributed by atoms with Crippen LogP contribution in [0.2, 0.25) is 0 Å². The summed E-state index contributed by atoms with van der Waals surface area (Å²) in [4.78, 5) is 42.7. The average Bonchev–Trinajstić information content (AvgIpc) is 3.31. The number of amides is 2. The number of fused-ring (bicyclic) bond motifs is 3. The van der Waals surface area contributed by atoms with E-state index >= 15 is 0 Å². The van der Waals surface area contributed by atoms with Gasteiger partial charge in [0.1, 0.15) is 17.6 Å². The molecule has 1 aromatic carbocycles. The number of aliphatic carboxylic acids is 1. The number of aryl methyl sites for hydroxylation is 1. The van der Waals surface area contributed by atoms with Gasteiger partial charge in [0.15, 0.2) is 0 Å². The number of carbonyl (C=O) groups excluding carboxylic acids is 2. The van der Waals surface area contributed by atoms with Crippen molar-refractivity contribution >= 4 is 17.8 Å². The standard InChI is InChI=1S/C23H30N2O4/c1-3-23(22(28)29,13-12-16-8-5-4-6-9-16)25-15(2)20(26)24-18-11-7-10-17(18)14-19(24)21(25)27/h4-6,8-9,15,17-19H,3,7,10-14H2,1-2H3,(H,28,29)/t15-,17-,18-,19-,23-/m0/s1. The second-order valence-electron chi connectivity index (χ2n) is 8.82. The summed E-state index contributed by atoms with van der Waals surface area (Å²) in [6, 6.07) is 8.64. The lowest BCUT2D eigenvalue weighted by Crippen LogP contribution is -2.71. The molecule has 1 aromatic rings. The molecule has 0 radical (unpaired) electrons. The summed E-state index contributed by atoms with van der Waals surface area (Å²) >= 11 is 0. The summed E-state index contributed by atoms with van der Waals surface area (Å²) in [5.41, 5.74) is -0.335. The van der Waals surface area contributed by atoms with Crippen molar-refractivity contribution in [2.45, 2.75) is 82.5 Å². The number of hydrogen-bond acceptors (Lipinski definition) is 3. The fraction of sp³-hybridized carbons (Fsp3) is 0.609. The van der Waals surface area contributed by atoms with Crippen LogP contribution in [0.5, 0.6) is 0 Å². The molecule has 3 aliphatic rings. The van der Waals surface area contributed by atoms with Crippen molar-refractivity contribution < 1.29 is 19.5 Å². The van der Waals surface area contributed by atoms with Crippen molar-refractivity contribution in [1.29, 1.82) is 0 Å². The van der Waals surface area contributed by atoms with Crippen molar-refractivity contribution in [3.63, 3.8) is 0 Å². The molecule has 4 rings (SSSR count). The Kier molecular flexibility index (Phi) is 5.13. The largest absolute Gasteiger partial charge is 0.479 e. The zero-order valence-electron chi connectivity index (χ0n) is 17.2. The Morgan fingerprint density at radius 1 is 1.17 bits per heavy atom. The number of rotatable bonds is 6. The number of benzene rings is 1. The molecule has 0 bridgehead atoms. The van der Waals surface area contributed by atoms with Gasteiger partial charge >= 0.3 is 5.97 Å². The molecule has 0 unspecified atom stereocenters. The van der Waals surface area contributed by atoms with Gasteiger partial charge < -0.3 is 14.9 Å². The minimum absolute atomic E-state index is 0.0808. The molecular formula is C23H30N2O4. The van der Waals surface area contributed by atoms with E-state index in [1.165, 1.54) is 4.90 Å². The third kappa shape index (κ3) is 3.04. The van der Waals surface area contributed by atoms with Crippen LogP contribution >= 0.6 is 0 Å². The third-order valence-corrected chi connectivity index (χ3v) is 7.47. The van der Waals surface area contributed by atoms with Crippen LogP contribution in [0.1, 0.15) is 57.9 Å². The number of piperazine rings is 1. The lowest BCUT2D eigenvalue weighted by atomic mass is 9.83. The van der Waals surface area contributed by atoms with Gasteiger partial charge in [0, 0.05) is 6.04 Å². The molecule has 29 heavy (non-hydrogen) atoms. The van der Waals surface area contributed by atoms with Crippen LogP contribution < -0.4 is 0 Å². The van der Waals surface area contributed by atoms with Gasteiger partial charge in [-0.2, -0.15) is 0 Å². The minimum Gasteiger partial charge on any atom is -0.479 e. The Bertz CT molecular complexity index is 810. The molecule has 6 nitrogen and oxygen atoms in total. The van der Waals surface area contributed by atoms with Crippen LogP contribution in [-0.2, 0) is 20.8 Å². The highest BCUT2D eigenvalue weighted by Crippen LogP contribution is 2.45. The van der Waals surface area contributed by atoms with Crippen molar-refractivity contribution in [1.82, 2.24) is 9.80 Å². The normalized spacial score (nSPS) is 30.8. The van der Waals surface area contributed by atoms with E-state index in [4.69, 9.17) is 0 Å². The Balaban J connectivity index is 1.66. The van der Waals surface area contributed by atoms with Crippen LogP contribution in [0.3, 0.4) is 0 Å². The molecule has 3 fully saturated rings. The molecule has 5 atom stereocenters. The molecule has 1 saturated carbocycles. The molecular weight excluding hydrogens is 368 g/mol. The first kappa shape index (κ1) is 19.9. The predicted octanol–water partition coefficient (Wildman–Crippen LogP) is 2.85. The number of carboxylic acids is 1. The van der Waals surface area contributed by atoms with E-state index in [0.29, 0.717) is 25.2 Å². The van der Waals surface area contributed by atoms with E-state index in [-0.39, 0.29) is 24.3 Å². The molecule has 1 N–H and O–H groups in total. The Morgan fingerprint density at radius 2 is 1.90 bits per heavy atom. The van der Waals surface area contributed by atoms with Crippen LogP contribution in [-0.4, -0.2) is 56.4 Å². The third-order valence-electron chi connectivity index (χ3n) is 7.47. The number of hydrogen-bond donors (Lipinski definition) is 1. The predicted molar refractivity (Wildman–Crippen MR) is 108 cm³/mol. The van der Waals surface area contributed by atoms with Crippen molar-refractivity contribution in [2.24, 2.45) is 5.92 Å². The summed E-state index contributed by atoms with van der Waals surface area (Å²) in [7, 11) is 0. The number of nitrogens with zero attached hydrogens (tertiary/aromatic N) is 2. The first-order valence-corrected chi connectivity index (χ1v) is 10.8. The van der Waals surface area contributed by atoms with Crippen LogP contribution in [0.4, 0.5) is 0 Å². The molecule has 6 heteroatoms. The SMILES string of the molecule is CC[C@](CCc1ccccc1)(C(=O)O)N1C(=O)[C@@H]2C[C@@H]3CCC[C@@H]3N2C(=O)[C@@H]1C. The molecule has 2 amide bonds. The Hall–Kier alpha value is -2.37. The second kappa shape index (κ2) is 7.47. The van der Waals surface area contributed by atoms with Gasteiger partial charge in [-0.3, -0.25) is 9.59 Å². The first-order chi connectivity index (χ1) is 13.9. The molecule has 0 aromatic heterocycles. The van der Waals surface area contributed by atoms with Crippen molar-refractivity contribution in [2.75, 3.05) is 0 Å². The monoisotopic (exact) mass is 398 g/mol. The van der Waals surface area contributed by atoms with Gasteiger partial charge in [-0.05, 0) is 56.9 Å². The summed E-state index contributed by atoms with van der Waals surface area (Å²) < 4.78 is 0. The summed E-state index contributed by atoms with van der Waals surface area (Å²) in [6.07, 6.45) is 4.91. The summed E-state index contributed by atoms with van der Waals surface area (Å²) in [5.74, 6) is -0.896. The zero-order valence-corrected chi connectivity index (χ0v) is 17.2. The van der Waals surface area contributed by atoms with Gasteiger partial charge in [0.05, 0.1) is 0 Å².